The molecule has 0 radical (unpaired) electrons. The summed E-state index contributed by atoms with van der Waals surface area (Å²) in [6, 6.07) is 10.9. The van der Waals surface area contributed by atoms with Gasteiger partial charge in [-0.15, -0.1) is 0 Å². The van der Waals surface area contributed by atoms with E-state index in [1.807, 2.05) is 12.1 Å². The lowest BCUT2D eigenvalue weighted by atomic mass is 10.1. The summed E-state index contributed by atoms with van der Waals surface area (Å²) in [5.41, 5.74) is 2.95. The van der Waals surface area contributed by atoms with Crippen LogP contribution in [0, 0.1) is 5.82 Å². The fourth-order valence-corrected chi connectivity index (χ4v) is 2.81. The zero-order chi connectivity index (χ0) is 14.1. The van der Waals surface area contributed by atoms with Crippen LogP contribution in [0.25, 0.3) is 0 Å². The molecule has 1 aliphatic carbocycles. The summed E-state index contributed by atoms with van der Waals surface area (Å²) >= 11 is 5.77. The molecule has 1 N–H and O–H groups in total. The number of methoxy groups -OCH3 is 1. The molecule has 3 rings (SSSR count). The molecule has 2 aromatic rings. The molecule has 0 aromatic heterocycles. The van der Waals surface area contributed by atoms with Gasteiger partial charge in [0.15, 0.2) is 0 Å². The molecule has 104 valence electrons. The Hall–Kier alpha value is -1.74. The van der Waals surface area contributed by atoms with Crippen LogP contribution in [-0.2, 0) is 6.42 Å². The van der Waals surface area contributed by atoms with Gasteiger partial charge in [-0.25, -0.2) is 4.39 Å². The number of anilines is 1. The van der Waals surface area contributed by atoms with Gasteiger partial charge in [0.2, 0.25) is 0 Å². The van der Waals surface area contributed by atoms with Crippen LogP contribution in [0.15, 0.2) is 36.4 Å². The molecule has 0 saturated heterocycles. The molecule has 2 nitrogen and oxygen atoms in total. The van der Waals surface area contributed by atoms with Gasteiger partial charge in [-0.1, -0.05) is 17.7 Å². The number of hydrogen-bond donors (Lipinski definition) is 1. The lowest BCUT2D eigenvalue weighted by Crippen LogP contribution is -2.08. The molecule has 0 aliphatic heterocycles. The summed E-state index contributed by atoms with van der Waals surface area (Å²) in [6.45, 7) is 0. The number of halogens is 2. The molecule has 1 unspecified atom stereocenters. The first-order valence-electron chi connectivity index (χ1n) is 6.56. The Morgan fingerprint density at radius 2 is 2.10 bits per heavy atom. The second-order valence-corrected chi connectivity index (χ2v) is 5.36. The number of aryl methyl sites for hydroxylation is 1. The normalized spacial score (nSPS) is 16.9. The van der Waals surface area contributed by atoms with E-state index < -0.39 is 0 Å². The minimum atomic E-state index is -0.325. The van der Waals surface area contributed by atoms with Crippen LogP contribution in [-0.4, -0.2) is 7.11 Å². The van der Waals surface area contributed by atoms with E-state index in [2.05, 4.69) is 11.4 Å². The van der Waals surface area contributed by atoms with E-state index in [9.17, 15) is 4.39 Å². The lowest BCUT2D eigenvalue weighted by molar-refractivity contribution is 0.414. The molecule has 0 fully saturated rings. The minimum Gasteiger partial charge on any atom is -0.497 e. The van der Waals surface area contributed by atoms with Gasteiger partial charge in [-0.2, -0.15) is 0 Å². The highest BCUT2D eigenvalue weighted by Gasteiger charge is 2.23. The second kappa shape index (κ2) is 5.33. The highest BCUT2D eigenvalue weighted by atomic mass is 35.5. The molecule has 1 atom stereocenters. The fraction of sp³-hybridized carbons (Fsp3) is 0.250. The van der Waals surface area contributed by atoms with E-state index in [4.69, 9.17) is 16.3 Å². The monoisotopic (exact) mass is 291 g/mol. The Morgan fingerprint density at radius 3 is 2.85 bits per heavy atom. The van der Waals surface area contributed by atoms with Crippen molar-refractivity contribution in [3.05, 3.63) is 58.4 Å². The zero-order valence-corrected chi connectivity index (χ0v) is 11.9. The largest absolute Gasteiger partial charge is 0.497 e. The van der Waals surface area contributed by atoms with Crippen LogP contribution in [0.1, 0.15) is 23.6 Å². The summed E-state index contributed by atoms with van der Waals surface area (Å²) in [7, 11) is 1.65. The summed E-state index contributed by atoms with van der Waals surface area (Å²) in [4.78, 5) is 0. The molecular weight excluding hydrogens is 277 g/mol. The SMILES string of the molecule is COc1ccc2c(c1)C(Nc1ccc(Cl)cc1F)CC2. The van der Waals surface area contributed by atoms with Gasteiger partial charge in [0.05, 0.1) is 18.8 Å². The van der Waals surface area contributed by atoms with Crippen LogP contribution in [0.2, 0.25) is 5.02 Å². The van der Waals surface area contributed by atoms with E-state index in [0.29, 0.717) is 10.7 Å². The predicted molar refractivity (Wildman–Crippen MR) is 79.1 cm³/mol. The van der Waals surface area contributed by atoms with Crippen molar-refractivity contribution < 1.29 is 9.13 Å². The Labute approximate surface area is 122 Å². The first-order chi connectivity index (χ1) is 9.67. The van der Waals surface area contributed by atoms with Crippen molar-refractivity contribution in [2.24, 2.45) is 0 Å². The maximum absolute atomic E-state index is 13.9. The fourth-order valence-electron chi connectivity index (χ4n) is 2.65. The number of ether oxygens (including phenoxy) is 1. The Bertz CT molecular complexity index is 644. The molecule has 0 spiro atoms. The minimum absolute atomic E-state index is 0.107. The van der Waals surface area contributed by atoms with Crippen molar-refractivity contribution in [3.63, 3.8) is 0 Å². The van der Waals surface area contributed by atoms with Crippen molar-refractivity contribution >= 4 is 17.3 Å². The molecule has 2 aromatic carbocycles. The third kappa shape index (κ3) is 2.46. The maximum atomic E-state index is 13.9. The second-order valence-electron chi connectivity index (χ2n) is 4.92. The van der Waals surface area contributed by atoms with Crippen LogP contribution < -0.4 is 10.1 Å². The first-order valence-corrected chi connectivity index (χ1v) is 6.93. The molecule has 4 heteroatoms. The van der Waals surface area contributed by atoms with Crippen LogP contribution in [0.3, 0.4) is 0 Å². The topological polar surface area (TPSA) is 21.3 Å². The van der Waals surface area contributed by atoms with E-state index in [1.54, 1.807) is 19.2 Å². The number of rotatable bonds is 3. The van der Waals surface area contributed by atoms with Crippen molar-refractivity contribution in [3.8, 4) is 5.75 Å². The van der Waals surface area contributed by atoms with Crippen LogP contribution in [0.4, 0.5) is 10.1 Å². The summed E-state index contributed by atoms with van der Waals surface area (Å²) in [5.74, 6) is 0.503. The number of benzene rings is 2. The molecular formula is C16H15ClFNO. The molecule has 1 aliphatic rings. The third-order valence-electron chi connectivity index (χ3n) is 3.69. The highest BCUT2D eigenvalue weighted by Crippen LogP contribution is 2.36. The first kappa shape index (κ1) is 13.3. The molecule has 0 heterocycles. The molecule has 20 heavy (non-hydrogen) atoms. The Kier molecular flexibility index (Phi) is 3.53. The van der Waals surface area contributed by atoms with Crippen LogP contribution in [0.5, 0.6) is 5.75 Å². The van der Waals surface area contributed by atoms with Gasteiger partial charge in [0.1, 0.15) is 11.6 Å². The van der Waals surface area contributed by atoms with Gasteiger partial charge in [0.25, 0.3) is 0 Å². The van der Waals surface area contributed by atoms with Crippen molar-refractivity contribution in [1.82, 2.24) is 0 Å². The van der Waals surface area contributed by atoms with Gasteiger partial charge < -0.3 is 10.1 Å². The predicted octanol–water partition coefficient (Wildman–Crippen LogP) is 4.59. The summed E-state index contributed by atoms with van der Waals surface area (Å²) in [6.07, 6.45) is 1.94. The van der Waals surface area contributed by atoms with E-state index in [1.165, 1.54) is 17.2 Å². The van der Waals surface area contributed by atoms with Gasteiger partial charge in [0, 0.05) is 5.02 Å². The quantitative estimate of drug-likeness (QED) is 0.893. The third-order valence-corrected chi connectivity index (χ3v) is 3.93. The standard InChI is InChI=1S/C16H15ClFNO/c1-20-12-5-2-10-3-6-15(13(10)9-12)19-16-7-4-11(17)8-14(16)18/h2,4-5,7-9,15,19H,3,6H2,1H3. The average molecular weight is 292 g/mol. The maximum Gasteiger partial charge on any atom is 0.147 e. The smallest absolute Gasteiger partial charge is 0.147 e. The van der Waals surface area contributed by atoms with Gasteiger partial charge in [-0.3, -0.25) is 0 Å². The van der Waals surface area contributed by atoms with E-state index in [0.717, 1.165) is 18.6 Å². The average Bonchev–Trinajstić information content (AvgIpc) is 2.84. The van der Waals surface area contributed by atoms with Crippen molar-refractivity contribution in [2.75, 3.05) is 12.4 Å². The van der Waals surface area contributed by atoms with Gasteiger partial charge in [-0.05, 0) is 54.3 Å². The molecule has 0 bridgehead atoms. The number of hydrogen-bond acceptors (Lipinski definition) is 2. The van der Waals surface area contributed by atoms with E-state index >= 15 is 0 Å². The van der Waals surface area contributed by atoms with Crippen LogP contribution >= 0.6 is 11.6 Å². The Balaban J connectivity index is 1.87. The number of fused-ring (bicyclic) bond motifs is 1. The molecule has 0 amide bonds. The van der Waals surface area contributed by atoms with Gasteiger partial charge >= 0.3 is 0 Å². The lowest BCUT2D eigenvalue weighted by Gasteiger charge is -2.17. The summed E-state index contributed by atoms with van der Waals surface area (Å²) in [5, 5.41) is 3.66. The number of nitrogens with one attached hydrogen (secondary N) is 1. The van der Waals surface area contributed by atoms with Crippen molar-refractivity contribution in [2.45, 2.75) is 18.9 Å². The zero-order valence-electron chi connectivity index (χ0n) is 11.1. The van der Waals surface area contributed by atoms with E-state index in [-0.39, 0.29) is 11.9 Å². The Morgan fingerprint density at radius 1 is 1.25 bits per heavy atom. The van der Waals surface area contributed by atoms with Crippen molar-refractivity contribution in [1.29, 1.82) is 0 Å². The molecule has 0 saturated carbocycles. The summed E-state index contributed by atoms with van der Waals surface area (Å²) < 4.78 is 19.1. The highest BCUT2D eigenvalue weighted by molar-refractivity contribution is 6.30.